The average Bonchev–Trinajstić information content (AvgIpc) is 2.44. The van der Waals surface area contributed by atoms with Gasteiger partial charge in [0.15, 0.2) is 0 Å². The molecule has 0 aromatic heterocycles. The molecule has 1 spiro atoms. The van der Waals surface area contributed by atoms with Crippen LogP contribution in [0.1, 0.15) is 36.8 Å². The van der Waals surface area contributed by atoms with Crippen LogP contribution in [0.25, 0.3) is 0 Å². The van der Waals surface area contributed by atoms with Crippen LogP contribution in [0.4, 0.5) is 5.69 Å². The average molecular weight is 291 g/mol. The summed E-state index contributed by atoms with van der Waals surface area (Å²) in [6.07, 6.45) is 4.74. The fourth-order valence-electron chi connectivity index (χ4n) is 3.31. The van der Waals surface area contributed by atoms with Crippen molar-refractivity contribution in [3.05, 3.63) is 29.3 Å². The van der Waals surface area contributed by atoms with Gasteiger partial charge in [0, 0.05) is 18.3 Å². The quantitative estimate of drug-likeness (QED) is 0.884. The summed E-state index contributed by atoms with van der Waals surface area (Å²) in [5.41, 5.74) is 4.16. The van der Waals surface area contributed by atoms with Crippen LogP contribution >= 0.6 is 11.8 Å². The lowest BCUT2D eigenvalue weighted by Gasteiger charge is -2.43. The number of benzene rings is 1. The van der Waals surface area contributed by atoms with E-state index in [9.17, 15) is 0 Å². The molecule has 3 heteroatoms. The number of rotatable bonds is 2. The summed E-state index contributed by atoms with van der Waals surface area (Å²) in [6, 6.07) is 7.26. The molecule has 1 atom stereocenters. The Balaban J connectivity index is 1.66. The van der Waals surface area contributed by atoms with Gasteiger partial charge in [0.1, 0.15) is 0 Å². The van der Waals surface area contributed by atoms with Gasteiger partial charge in [-0.05, 0) is 74.3 Å². The highest BCUT2D eigenvalue weighted by Gasteiger charge is 2.38. The lowest BCUT2D eigenvalue weighted by atomic mass is 9.85. The lowest BCUT2D eigenvalue weighted by molar-refractivity contribution is -0.0865. The number of hydrogen-bond donors (Lipinski definition) is 1. The first-order valence-corrected chi connectivity index (χ1v) is 8.88. The monoisotopic (exact) mass is 291 g/mol. The topological polar surface area (TPSA) is 21.3 Å². The number of nitrogens with one attached hydrogen (secondary N) is 1. The smallest absolute Gasteiger partial charge is 0.0717 e. The highest BCUT2D eigenvalue weighted by atomic mass is 32.2. The van der Waals surface area contributed by atoms with Crippen LogP contribution in [0.5, 0.6) is 0 Å². The van der Waals surface area contributed by atoms with Gasteiger partial charge in [-0.1, -0.05) is 6.07 Å². The van der Waals surface area contributed by atoms with Crippen LogP contribution in [-0.4, -0.2) is 29.8 Å². The molecular formula is C17H25NOS. The molecule has 2 saturated heterocycles. The molecule has 2 nitrogen and oxygen atoms in total. The van der Waals surface area contributed by atoms with E-state index in [1.807, 2.05) is 0 Å². The number of aryl methyl sites for hydroxylation is 2. The second kappa shape index (κ2) is 5.98. The summed E-state index contributed by atoms with van der Waals surface area (Å²) in [5, 5.41) is 3.73. The molecule has 20 heavy (non-hydrogen) atoms. The Kier molecular flexibility index (Phi) is 4.27. The fraction of sp³-hybridized carbons (Fsp3) is 0.647. The lowest BCUT2D eigenvalue weighted by Crippen LogP contribution is -2.46. The molecule has 0 amide bonds. The third-order valence-corrected chi connectivity index (χ3v) is 5.76. The Hall–Kier alpha value is -0.670. The number of anilines is 1. The summed E-state index contributed by atoms with van der Waals surface area (Å²) in [4.78, 5) is 0. The van der Waals surface area contributed by atoms with Gasteiger partial charge in [-0.25, -0.2) is 0 Å². The molecule has 2 fully saturated rings. The van der Waals surface area contributed by atoms with Crippen molar-refractivity contribution in [2.24, 2.45) is 0 Å². The second-order valence-corrected chi connectivity index (χ2v) is 7.50. The third kappa shape index (κ3) is 3.15. The Bertz CT molecular complexity index is 463. The minimum Gasteiger partial charge on any atom is -0.382 e. The van der Waals surface area contributed by atoms with Crippen molar-refractivity contribution < 1.29 is 4.74 Å². The molecule has 0 bridgehead atoms. The van der Waals surface area contributed by atoms with Crippen molar-refractivity contribution in [2.45, 2.75) is 51.2 Å². The zero-order valence-electron chi connectivity index (χ0n) is 12.6. The van der Waals surface area contributed by atoms with Crippen molar-refractivity contribution in [1.29, 1.82) is 0 Å². The zero-order chi connectivity index (χ0) is 14.0. The van der Waals surface area contributed by atoms with Crippen LogP contribution in [0.15, 0.2) is 18.2 Å². The Morgan fingerprint density at radius 3 is 2.75 bits per heavy atom. The van der Waals surface area contributed by atoms with Gasteiger partial charge >= 0.3 is 0 Å². The second-order valence-electron chi connectivity index (χ2n) is 6.28. The molecule has 1 unspecified atom stereocenters. The van der Waals surface area contributed by atoms with Crippen molar-refractivity contribution in [3.8, 4) is 0 Å². The SMILES string of the molecule is Cc1ccc(NC2CCOC3(CCSCC3)C2)cc1C. The number of thioether (sulfide) groups is 1. The van der Waals surface area contributed by atoms with E-state index >= 15 is 0 Å². The molecule has 0 radical (unpaired) electrons. The predicted octanol–water partition coefficient (Wildman–Crippen LogP) is 4.16. The molecule has 2 heterocycles. The number of hydrogen-bond acceptors (Lipinski definition) is 3. The van der Waals surface area contributed by atoms with Crippen molar-refractivity contribution in [1.82, 2.24) is 0 Å². The van der Waals surface area contributed by atoms with Crippen molar-refractivity contribution in [2.75, 3.05) is 23.4 Å². The van der Waals surface area contributed by atoms with E-state index in [4.69, 9.17) is 4.74 Å². The molecule has 110 valence electrons. The Labute approximate surface area is 126 Å². The van der Waals surface area contributed by atoms with Crippen molar-refractivity contribution >= 4 is 17.4 Å². The molecule has 1 aromatic rings. The highest BCUT2D eigenvalue weighted by molar-refractivity contribution is 7.99. The molecule has 1 N–H and O–H groups in total. The van der Waals surface area contributed by atoms with Gasteiger partial charge in [0.25, 0.3) is 0 Å². The maximum absolute atomic E-state index is 6.16. The summed E-state index contributed by atoms with van der Waals surface area (Å²) in [5.74, 6) is 2.52. The molecular weight excluding hydrogens is 266 g/mol. The highest BCUT2D eigenvalue weighted by Crippen LogP contribution is 2.38. The van der Waals surface area contributed by atoms with Crippen LogP contribution in [0.3, 0.4) is 0 Å². The first-order chi connectivity index (χ1) is 9.67. The van der Waals surface area contributed by atoms with Gasteiger partial charge < -0.3 is 10.1 Å². The van der Waals surface area contributed by atoms with Gasteiger partial charge in [-0.15, -0.1) is 0 Å². The molecule has 1 aromatic carbocycles. The first-order valence-electron chi connectivity index (χ1n) is 7.72. The Morgan fingerprint density at radius 2 is 2.00 bits per heavy atom. The molecule has 2 aliphatic heterocycles. The van der Waals surface area contributed by atoms with E-state index in [1.165, 1.54) is 47.6 Å². The van der Waals surface area contributed by atoms with E-state index in [-0.39, 0.29) is 5.60 Å². The normalized spacial score (nSPS) is 25.6. The van der Waals surface area contributed by atoms with Gasteiger partial charge in [0.05, 0.1) is 5.60 Å². The summed E-state index contributed by atoms with van der Waals surface area (Å²) >= 11 is 2.07. The van der Waals surface area contributed by atoms with Crippen LogP contribution in [-0.2, 0) is 4.74 Å². The zero-order valence-corrected chi connectivity index (χ0v) is 13.4. The summed E-state index contributed by atoms with van der Waals surface area (Å²) < 4.78 is 6.16. The molecule has 0 aliphatic carbocycles. The first kappa shape index (κ1) is 14.3. The van der Waals surface area contributed by atoms with E-state index in [1.54, 1.807) is 0 Å². The number of ether oxygens (including phenoxy) is 1. The van der Waals surface area contributed by atoms with Crippen molar-refractivity contribution in [3.63, 3.8) is 0 Å². The largest absolute Gasteiger partial charge is 0.382 e. The minimum absolute atomic E-state index is 0.168. The molecule has 0 saturated carbocycles. The van der Waals surface area contributed by atoms with Gasteiger partial charge in [-0.3, -0.25) is 0 Å². The molecule has 2 aliphatic rings. The van der Waals surface area contributed by atoms with E-state index in [0.717, 1.165) is 13.0 Å². The van der Waals surface area contributed by atoms with Crippen LogP contribution < -0.4 is 5.32 Å². The Morgan fingerprint density at radius 1 is 1.20 bits per heavy atom. The maximum atomic E-state index is 6.16. The van der Waals surface area contributed by atoms with Crippen LogP contribution in [0, 0.1) is 13.8 Å². The minimum atomic E-state index is 0.168. The summed E-state index contributed by atoms with van der Waals surface area (Å²) in [6.45, 7) is 5.26. The van der Waals surface area contributed by atoms with Gasteiger partial charge in [-0.2, -0.15) is 11.8 Å². The fourth-order valence-corrected chi connectivity index (χ4v) is 4.55. The predicted molar refractivity (Wildman–Crippen MR) is 87.8 cm³/mol. The summed E-state index contributed by atoms with van der Waals surface area (Å²) in [7, 11) is 0. The van der Waals surface area contributed by atoms with E-state index in [2.05, 4.69) is 49.1 Å². The van der Waals surface area contributed by atoms with E-state index in [0.29, 0.717) is 6.04 Å². The van der Waals surface area contributed by atoms with E-state index < -0.39 is 0 Å². The van der Waals surface area contributed by atoms with Crippen LogP contribution in [0.2, 0.25) is 0 Å². The maximum Gasteiger partial charge on any atom is 0.0717 e. The third-order valence-electron chi connectivity index (χ3n) is 4.77. The van der Waals surface area contributed by atoms with Gasteiger partial charge in [0.2, 0.25) is 0 Å². The molecule has 3 rings (SSSR count). The standard InChI is InChI=1S/C17H25NOS/c1-13-3-4-15(11-14(13)2)18-16-5-8-19-17(12-16)6-9-20-10-7-17/h3-4,11,16,18H,5-10,12H2,1-2H3.